The summed E-state index contributed by atoms with van der Waals surface area (Å²) in [5.41, 5.74) is 0.701. The number of amides is 1. The van der Waals surface area contributed by atoms with Gasteiger partial charge < -0.3 is 4.90 Å². The fourth-order valence-corrected chi connectivity index (χ4v) is 2.09. The molecule has 0 N–H and O–H groups in total. The molecular formula is C11H17N3O. The molecule has 2 rings (SSSR count). The molecule has 2 heterocycles. The molecule has 0 spiro atoms. The quantitative estimate of drug-likeness (QED) is 0.696. The molecule has 1 saturated heterocycles. The fraction of sp³-hybridized carbons (Fsp3) is 0.636. The predicted molar refractivity (Wildman–Crippen MR) is 57.5 cm³/mol. The Balaban J connectivity index is 2.07. The zero-order valence-corrected chi connectivity index (χ0v) is 9.31. The molecule has 1 aliphatic rings. The average molecular weight is 207 g/mol. The normalized spacial score (nSPS) is 21.7. The number of aromatic nitrogens is 2. The van der Waals surface area contributed by atoms with E-state index in [1.165, 1.54) is 6.42 Å². The van der Waals surface area contributed by atoms with Crippen molar-refractivity contribution in [3.63, 3.8) is 0 Å². The van der Waals surface area contributed by atoms with E-state index < -0.39 is 0 Å². The monoisotopic (exact) mass is 207 g/mol. The first-order valence-corrected chi connectivity index (χ1v) is 5.44. The van der Waals surface area contributed by atoms with Gasteiger partial charge in [0.05, 0.1) is 11.8 Å². The average Bonchev–Trinajstić information content (AvgIpc) is 2.64. The lowest BCUT2D eigenvalue weighted by molar-refractivity contribution is 0.0683. The van der Waals surface area contributed by atoms with Crippen molar-refractivity contribution in [3.05, 3.63) is 18.0 Å². The van der Waals surface area contributed by atoms with E-state index in [0.29, 0.717) is 11.5 Å². The van der Waals surface area contributed by atoms with Gasteiger partial charge in [-0.25, -0.2) is 0 Å². The molecule has 0 bridgehead atoms. The molecule has 4 heteroatoms. The van der Waals surface area contributed by atoms with Crippen molar-refractivity contribution >= 4 is 5.91 Å². The molecule has 82 valence electrons. The van der Waals surface area contributed by atoms with Gasteiger partial charge in [0, 0.05) is 26.3 Å². The Morgan fingerprint density at radius 1 is 1.60 bits per heavy atom. The van der Waals surface area contributed by atoms with Gasteiger partial charge in [-0.05, 0) is 18.8 Å². The highest BCUT2D eigenvalue weighted by Crippen LogP contribution is 2.17. The Bertz CT molecular complexity index is 358. The van der Waals surface area contributed by atoms with Crippen LogP contribution in [0.25, 0.3) is 0 Å². The summed E-state index contributed by atoms with van der Waals surface area (Å²) in [6.45, 7) is 3.97. The minimum Gasteiger partial charge on any atom is -0.338 e. The van der Waals surface area contributed by atoms with Gasteiger partial charge in [-0.15, -0.1) is 0 Å². The molecule has 0 saturated carbocycles. The molecule has 0 radical (unpaired) electrons. The highest BCUT2D eigenvalue weighted by atomic mass is 16.2. The topological polar surface area (TPSA) is 38.1 Å². The Morgan fingerprint density at radius 3 is 3.00 bits per heavy atom. The van der Waals surface area contributed by atoms with Crippen molar-refractivity contribution in [2.75, 3.05) is 13.1 Å². The number of piperidine rings is 1. The molecule has 1 atom stereocenters. The largest absolute Gasteiger partial charge is 0.338 e. The third-order valence-corrected chi connectivity index (χ3v) is 2.90. The van der Waals surface area contributed by atoms with Gasteiger partial charge in [0.15, 0.2) is 0 Å². The summed E-state index contributed by atoms with van der Waals surface area (Å²) in [5.74, 6) is 0.744. The van der Waals surface area contributed by atoms with Crippen LogP contribution in [-0.2, 0) is 7.05 Å². The summed E-state index contributed by atoms with van der Waals surface area (Å²) < 4.78 is 1.67. The first-order valence-electron chi connectivity index (χ1n) is 5.44. The molecule has 0 aromatic carbocycles. The Hall–Kier alpha value is -1.32. The van der Waals surface area contributed by atoms with Crippen LogP contribution in [0.2, 0.25) is 0 Å². The SMILES string of the molecule is CC1CCCN(C(=O)c2cnn(C)c2)C1. The van der Waals surface area contributed by atoms with Gasteiger partial charge in [0.2, 0.25) is 0 Å². The number of hydrogen-bond acceptors (Lipinski definition) is 2. The third-order valence-electron chi connectivity index (χ3n) is 2.90. The molecule has 4 nitrogen and oxygen atoms in total. The molecule has 1 unspecified atom stereocenters. The van der Waals surface area contributed by atoms with E-state index in [1.54, 1.807) is 17.1 Å². The van der Waals surface area contributed by atoms with Crippen molar-refractivity contribution in [1.82, 2.24) is 14.7 Å². The summed E-state index contributed by atoms with van der Waals surface area (Å²) in [7, 11) is 1.83. The molecule has 1 aliphatic heterocycles. The second-order valence-corrected chi connectivity index (χ2v) is 4.40. The number of carbonyl (C=O) groups is 1. The zero-order valence-electron chi connectivity index (χ0n) is 9.31. The van der Waals surface area contributed by atoms with Crippen LogP contribution < -0.4 is 0 Å². The molecule has 1 fully saturated rings. The highest BCUT2D eigenvalue weighted by Gasteiger charge is 2.22. The number of likely N-dealkylation sites (tertiary alicyclic amines) is 1. The summed E-state index contributed by atoms with van der Waals surface area (Å²) in [6, 6.07) is 0. The molecular weight excluding hydrogens is 190 g/mol. The minimum absolute atomic E-state index is 0.120. The second-order valence-electron chi connectivity index (χ2n) is 4.40. The van der Waals surface area contributed by atoms with Crippen LogP contribution in [0.15, 0.2) is 12.4 Å². The maximum Gasteiger partial charge on any atom is 0.257 e. The number of hydrogen-bond donors (Lipinski definition) is 0. The van der Waals surface area contributed by atoms with Crippen LogP contribution in [0.5, 0.6) is 0 Å². The van der Waals surface area contributed by atoms with Gasteiger partial charge in [0.25, 0.3) is 5.91 Å². The van der Waals surface area contributed by atoms with Crippen LogP contribution in [0.1, 0.15) is 30.1 Å². The van der Waals surface area contributed by atoms with Gasteiger partial charge in [-0.1, -0.05) is 6.92 Å². The summed E-state index contributed by atoms with van der Waals surface area (Å²) >= 11 is 0. The van der Waals surface area contributed by atoms with Crippen molar-refractivity contribution < 1.29 is 4.79 Å². The Kier molecular flexibility index (Phi) is 2.75. The maximum atomic E-state index is 12.0. The lowest BCUT2D eigenvalue weighted by Crippen LogP contribution is -2.38. The van der Waals surface area contributed by atoms with Crippen LogP contribution in [0.4, 0.5) is 0 Å². The lowest BCUT2D eigenvalue weighted by Gasteiger charge is -2.30. The zero-order chi connectivity index (χ0) is 10.8. The minimum atomic E-state index is 0.120. The van der Waals surface area contributed by atoms with E-state index in [0.717, 1.165) is 19.5 Å². The smallest absolute Gasteiger partial charge is 0.257 e. The summed E-state index contributed by atoms with van der Waals surface area (Å²) in [5, 5.41) is 4.02. The van der Waals surface area contributed by atoms with Crippen molar-refractivity contribution in [3.8, 4) is 0 Å². The molecule has 1 aromatic heterocycles. The van der Waals surface area contributed by atoms with Crippen molar-refractivity contribution in [1.29, 1.82) is 0 Å². The van der Waals surface area contributed by atoms with E-state index in [9.17, 15) is 4.79 Å². The molecule has 0 aliphatic carbocycles. The van der Waals surface area contributed by atoms with Crippen LogP contribution in [-0.4, -0.2) is 33.7 Å². The van der Waals surface area contributed by atoms with Crippen molar-refractivity contribution in [2.24, 2.45) is 13.0 Å². The number of carbonyl (C=O) groups excluding carboxylic acids is 1. The summed E-state index contributed by atoms with van der Waals surface area (Å²) in [4.78, 5) is 14.0. The molecule has 15 heavy (non-hydrogen) atoms. The van der Waals surface area contributed by atoms with Gasteiger partial charge in [0.1, 0.15) is 0 Å². The summed E-state index contributed by atoms with van der Waals surface area (Å²) in [6.07, 6.45) is 5.77. The Morgan fingerprint density at radius 2 is 2.40 bits per heavy atom. The number of nitrogens with zero attached hydrogens (tertiary/aromatic N) is 3. The predicted octanol–water partition coefficient (Wildman–Crippen LogP) is 1.29. The van der Waals surface area contributed by atoms with Crippen LogP contribution >= 0.6 is 0 Å². The van der Waals surface area contributed by atoms with Crippen LogP contribution in [0, 0.1) is 5.92 Å². The first kappa shape index (κ1) is 10.2. The Labute approximate surface area is 89.9 Å². The van der Waals surface area contributed by atoms with E-state index >= 15 is 0 Å². The van der Waals surface area contributed by atoms with E-state index in [1.807, 2.05) is 11.9 Å². The van der Waals surface area contributed by atoms with E-state index in [2.05, 4.69) is 12.0 Å². The number of aryl methyl sites for hydroxylation is 1. The molecule has 1 amide bonds. The highest BCUT2D eigenvalue weighted by molar-refractivity contribution is 5.93. The standard InChI is InChI=1S/C11H17N3O/c1-9-4-3-5-14(7-9)11(15)10-6-12-13(2)8-10/h6,8-9H,3-5,7H2,1-2H3. The number of rotatable bonds is 1. The van der Waals surface area contributed by atoms with E-state index in [4.69, 9.17) is 0 Å². The maximum absolute atomic E-state index is 12.0. The van der Waals surface area contributed by atoms with E-state index in [-0.39, 0.29) is 5.91 Å². The van der Waals surface area contributed by atoms with Gasteiger partial charge >= 0.3 is 0 Å². The second kappa shape index (κ2) is 4.04. The lowest BCUT2D eigenvalue weighted by atomic mass is 10.00. The van der Waals surface area contributed by atoms with Gasteiger partial charge in [-0.2, -0.15) is 5.10 Å². The fourth-order valence-electron chi connectivity index (χ4n) is 2.09. The third kappa shape index (κ3) is 2.19. The molecule has 1 aromatic rings. The van der Waals surface area contributed by atoms with Gasteiger partial charge in [-0.3, -0.25) is 9.48 Å². The van der Waals surface area contributed by atoms with Crippen molar-refractivity contribution in [2.45, 2.75) is 19.8 Å². The first-order chi connectivity index (χ1) is 7.16. The van der Waals surface area contributed by atoms with Crippen LogP contribution in [0.3, 0.4) is 0 Å².